The van der Waals surface area contributed by atoms with Crippen LogP contribution in [-0.4, -0.2) is 36.5 Å². The Labute approximate surface area is 137 Å². The van der Waals surface area contributed by atoms with Gasteiger partial charge in [-0.25, -0.2) is 4.39 Å². The monoisotopic (exact) mass is 316 g/mol. The molecule has 124 valence electrons. The molecule has 1 aliphatic carbocycles. The zero-order chi connectivity index (χ0) is 15.8. The second-order valence-electron chi connectivity index (χ2n) is 7.30. The van der Waals surface area contributed by atoms with Gasteiger partial charge in [-0.3, -0.25) is 4.79 Å². The first-order chi connectivity index (χ1) is 11.2. The van der Waals surface area contributed by atoms with Crippen LogP contribution in [0.1, 0.15) is 49.1 Å². The van der Waals surface area contributed by atoms with E-state index in [1.807, 2.05) is 6.07 Å². The number of hydrogen-bond donors (Lipinski definition) is 1. The first-order valence-corrected chi connectivity index (χ1v) is 9.02. The lowest BCUT2D eigenvalue weighted by molar-refractivity contribution is -0.132. The van der Waals surface area contributed by atoms with E-state index in [0.717, 1.165) is 69.3 Å². The third-order valence-electron chi connectivity index (χ3n) is 5.67. The summed E-state index contributed by atoms with van der Waals surface area (Å²) in [5, 5.41) is 3.38. The number of carbonyl (C=O) groups is 1. The summed E-state index contributed by atoms with van der Waals surface area (Å²) in [5.41, 5.74) is 2.12. The Morgan fingerprint density at radius 2 is 2.17 bits per heavy atom. The number of nitrogens with zero attached hydrogens (tertiary/aromatic N) is 1. The fourth-order valence-electron chi connectivity index (χ4n) is 4.33. The molecule has 2 atom stereocenters. The molecule has 0 radical (unpaired) electrons. The molecule has 3 nitrogen and oxygen atoms in total. The number of hydrogen-bond acceptors (Lipinski definition) is 2. The molecule has 3 fully saturated rings. The van der Waals surface area contributed by atoms with Crippen molar-refractivity contribution in [2.75, 3.05) is 19.6 Å². The molecule has 0 unspecified atom stereocenters. The Bertz CT molecular complexity index is 599. The summed E-state index contributed by atoms with van der Waals surface area (Å²) < 4.78 is 14.1. The third kappa shape index (κ3) is 3.01. The van der Waals surface area contributed by atoms with Gasteiger partial charge in [-0.1, -0.05) is 12.1 Å². The number of nitrogens with one attached hydrogen (secondary N) is 1. The van der Waals surface area contributed by atoms with Gasteiger partial charge in [0.1, 0.15) is 5.82 Å². The summed E-state index contributed by atoms with van der Waals surface area (Å²) in [6.45, 7) is 2.72. The van der Waals surface area contributed by atoms with Crippen molar-refractivity contribution in [1.82, 2.24) is 10.2 Å². The van der Waals surface area contributed by atoms with Crippen LogP contribution < -0.4 is 5.32 Å². The van der Waals surface area contributed by atoms with E-state index in [9.17, 15) is 9.18 Å². The van der Waals surface area contributed by atoms with Gasteiger partial charge in [-0.2, -0.15) is 0 Å². The van der Waals surface area contributed by atoms with Gasteiger partial charge in [0.25, 0.3) is 0 Å². The lowest BCUT2D eigenvalue weighted by atomic mass is 9.93. The van der Waals surface area contributed by atoms with Crippen molar-refractivity contribution in [3.05, 3.63) is 35.1 Å². The van der Waals surface area contributed by atoms with Crippen LogP contribution >= 0.6 is 0 Å². The van der Waals surface area contributed by atoms with Crippen LogP contribution in [-0.2, 0) is 11.2 Å². The Morgan fingerprint density at radius 1 is 1.30 bits per heavy atom. The van der Waals surface area contributed by atoms with E-state index in [1.54, 1.807) is 6.07 Å². The zero-order valence-corrected chi connectivity index (χ0v) is 13.6. The van der Waals surface area contributed by atoms with Gasteiger partial charge in [-0.15, -0.1) is 0 Å². The highest BCUT2D eigenvalue weighted by Crippen LogP contribution is 2.43. The Kier molecular flexibility index (Phi) is 4.10. The van der Waals surface area contributed by atoms with Crippen molar-refractivity contribution < 1.29 is 9.18 Å². The van der Waals surface area contributed by atoms with E-state index in [4.69, 9.17) is 0 Å². The number of rotatable bonds is 5. The van der Waals surface area contributed by atoms with Crippen LogP contribution in [0, 0.1) is 11.7 Å². The minimum Gasteiger partial charge on any atom is -0.337 e. The van der Waals surface area contributed by atoms with Crippen molar-refractivity contribution >= 4 is 5.91 Å². The van der Waals surface area contributed by atoms with Gasteiger partial charge in [0.05, 0.1) is 0 Å². The van der Waals surface area contributed by atoms with Crippen molar-refractivity contribution in [1.29, 1.82) is 0 Å². The number of piperazine rings is 1. The summed E-state index contributed by atoms with van der Waals surface area (Å²) >= 11 is 0. The number of amides is 1. The molecule has 2 heterocycles. The lowest BCUT2D eigenvalue weighted by Crippen LogP contribution is -2.49. The molecule has 1 saturated carbocycles. The number of fused-ring (bicyclic) bond motifs is 1. The van der Waals surface area contributed by atoms with Crippen LogP contribution in [0.2, 0.25) is 0 Å². The van der Waals surface area contributed by atoms with Crippen LogP contribution in [0.5, 0.6) is 0 Å². The first-order valence-electron chi connectivity index (χ1n) is 9.02. The second-order valence-corrected chi connectivity index (χ2v) is 7.30. The molecule has 1 aromatic carbocycles. The number of carbonyl (C=O) groups excluding carboxylic acids is 1. The topological polar surface area (TPSA) is 32.3 Å². The molecule has 1 amide bonds. The molecule has 3 aliphatic rings. The molecule has 4 rings (SSSR count). The summed E-state index contributed by atoms with van der Waals surface area (Å²) in [7, 11) is 0. The van der Waals surface area contributed by atoms with Crippen LogP contribution in [0.15, 0.2) is 18.2 Å². The zero-order valence-electron chi connectivity index (χ0n) is 13.6. The molecule has 0 bridgehead atoms. The minimum absolute atomic E-state index is 0.0369. The molecule has 2 saturated heterocycles. The Balaban J connectivity index is 1.36. The van der Waals surface area contributed by atoms with Crippen molar-refractivity contribution in [3.63, 3.8) is 0 Å². The fraction of sp³-hybridized carbons (Fsp3) is 0.632. The van der Waals surface area contributed by atoms with Gasteiger partial charge >= 0.3 is 0 Å². The summed E-state index contributed by atoms with van der Waals surface area (Å²) in [6, 6.07) is 5.88. The normalized spacial score (nSPS) is 27.3. The van der Waals surface area contributed by atoms with E-state index in [2.05, 4.69) is 16.3 Å². The maximum absolute atomic E-state index is 14.1. The van der Waals surface area contributed by atoms with E-state index in [-0.39, 0.29) is 11.7 Å². The fourth-order valence-corrected chi connectivity index (χ4v) is 4.33. The van der Waals surface area contributed by atoms with Gasteiger partial charge in [0.2, 0.25) is 5.91 Å². The quantitative estimate of drug-likeness (QED) is 0.906. The minimum atomic E-state index is -0.0369. The predicted octanol–water partition coefficient (Wildman–Crippen LogP) is 2.85. The van der Waals surface area contributed by atoms with E-state index in [1.165, 1.54) is 0 Å². The Morgan fingerprint density at radius 3 is 2.96 bits per heavy atom. The molecule has 4 heteroatoms. The maximum atomic E-state index is 14.1. The van der Waals surface area contributed by atoms with Crippen LogP contribution in [0.3, 0.4) is 0 Å². The highest BCUT2D eigenvalue weighted by molar-refractivity contribution is 5.81. The predicted molar refractivity (Wildman–Crippen MR) is 87.8 cm³/mol. The van der Waals surface area contributed by atoms with Crippen LogP contribution in [0.4, 0.5) is 4.39 Å². The highest BCUT2D eigenvalue weighted by Gasteiger charge is 2.39. The second kappa shape index (κ2) is 6.23. The average molecular weight is 316 g/mol. The third-order valence-corrected chi connectivity index (χ3v) is 5.67. The number of aryl methyl sites for hydroxylation is 1. The average Bonchev–Trinajstić information content (AvgIpc) is 3.33. The molecule has 1 N–H and O–H groups in total. The van der Waals surface area contributed by atoms with E-state index < -0.39 is 0 Å². The lowest BCUT2D eigenvalue weighted by Gasteiger charge is -2.30. The summed E-state index contributed by atoms with van der Waals surface area (Å²) in [4.78, 5) is 14.5. The standard InChI is InChI=1S/C19H25FN2O/c20-17-6-2-4-13(18(17)14-7-8-14)3-1-5-15-11-16-12-21-9-10-22(16)19(15)23/h2,4,6,14-16,21H,1,3,5,7-12H2/t15-,16-/m0/s1. The van der Waals surface area contributed by atoms with Gasteiger partial charge in [0, 0.05) is 31.6 Å². The maximum Gasteiger partial charge on any atom is 0.226 e. The van der Waals surface area contributed by atoms with Gasteiger partial charge in [-0.05, 0) is 61.6 Å². The Hall–Kier alpha value is -1.42. The molecular formula is C19H25FN2O. The van der Waals surface area contributed by atoms with E-state index >= 15 is 0 Å². The highest BCUT2D eigenvalue weighted by atomic mass is 19.1. The molecule has 23 heavy (non-hydrogen) atoms. The molecule has 0 aromatic heterocycles. The first kappa shape index (κ1) is 15.1. The molecule has 1 aromatic rings. The van der Waals surface area contributed by atoms with Gasteiger partial charge in [0.15, 0.2) is 0 Å². The molecule has 0 spiro atoms. The number of halogens is 1. The van der Waals surface area contributed by atoms with Gasteiger partial charge < -0.3 is 10.2 Å². The van der Waals surface area contributed by atoms with Crippen molar-refractivity contribution in [2.45, 2.75) is 50.5 Å². The summed E-state index contributed by atoms with van der Waals surface area (Å²) in [6.07, 6.45) is 6.05. The van der Waals surface area contributed by atoms with Crippen molar-refractivity contribution in [3.8, 4) is 0 Å². The van der Waals surface area contributed by atoms with Crippen LogP contribution in [0.25, 0.3) is 0 Å². The molecular weight excluding hydrogens is 291 g/mol. The van der Waals surface area contributed by atoms with Crippen molar-refractivity contribution in [2.24, 2.45) is 5.92 Å². The summed E-state index contributed by atoms with van der Waals surface area (Å²) in [5.74, 6) is 0.931. The SMILES string of the molecule is O=C1[C@@H](CCCc2cccc(F)c2C2CC2)C[C@H]2CNCCN12. The largest absolute Gasteiger partial charge is 0.337 e. The van der Waals surface area contributed by atoms with E-state index in [0.29, 0.717) is 17.9 Å². The smallest absolute Gasteiger partial charge is 0.226 e. The number of benzene rings is 1. The molecule has 2 aliphatic heterocycles.